The first-order valence-corrected chi connectivity index (χ1v) is 18.6. The number of fused-ring (bicyclic) bond motifs is 3. The molecule has 0 aromatic rings. The predicted octanol–water partition coefficient (Wildman–Crippen LogP) is 6.90. The van der Waals surface area contributed by atoms with E-state index in [-0.39, 0.29) is 17.5 Å². The van der Waals surface area contributed by atoms with Crippen LogP contribution in [0.3, 0.4) is 0 Å². The third-order valence-corrected chi connectivity index (χ3v) is 14.1. The lowest BCUT2D eigenvalue weighted by Crippen LogP contribution is -2.59. The van der Waals surface area contributed by atoms with Crippen molar-refractivity contribution in [3.05, 3.63) is 0 Å². The largest absolute Gasteiger partial charge is 0.458 e. The van der Waals surface area contributed by atoms with Crippen molar-refractivity contribution in [1.29, 1.82) is 0 Å². The molecule has 8 aliphatic rings. The van der Waals surface area contributed by atoms with Crippen LogP contribution in [-0.4, -0.2) is 72.2 Å². The van der Waals surface area contributed by atoms with Crippen molar-refractivity contribution in [2.75, 3.05) is 26.6 Å². The molecular weight excluding hydrogens is 524 g/mol. The molecule has 0 spiro atoms. The minimum absolute atomic E-state index is 0.150. The third-order valence-electron chi connectivity index (χ3n) is 14.1. The van der Waals surface area contributed by atoms with E-state index in [2.05, 4.69) is 9.80 Å². The molecule has 5 aliphatic carbocycles. The Hall–Kier alpha value is -0.690. The van der Waals surface area contributed by atoms with E-state index in [0.717, 1.165) is 44.8 Å². The van der Waals surface area contributed by atoms with Crippen LogP contribution in [0.15, 0.2) is 0 Å². The lowest BCUT2D eigenvalue weighted by Gasteiger charge is -2.55. The highest BCUT2D eigenvalue weighted by Gasteiger charge is 2.64. The highest BCUT2D eigenvalue weighted by Crippen LogP contribution is 2.60. The van der Waals surface area contributed by atoms with Gasteiger partial charge in [-0.1, -0.05) is 51.4 Å². The van der Waals surface area contributed by atoms with Crippen LogP contribution in [-0.2, 0) is 19.0 Å². The summed E-state index contributed by atoms with van der Waals surface area (Å²) in [5.74, 6) is 2.91. The summed E-state index contributed by atoms with van der Waals surface area (Å²) in [6.45, 7) is 4.07. The monoisotopic (exact) mass is 582 g/mol. The molecule has 0 aromatic heterocycles. The van der Waals surface area contributed by atoms with Crippen LogP contribution in [0.4, 0.5) is 0 Å². The van der Waals surface area contributed by atoms with Gasteiger partial charge in [0.15, 0.2) is 0 Å². The average Bonchev–Trinajstić information content (AvgIpc) is 3.37. The Bertz CT molecular complexity index is 893. The summed E-state index contributed by atoms with van der Waals surface area (Å²) in [6, 6.07) is 1.43. The summed E-state index contributed by atoms with van der Waals surface area (Å²) in [4.78, 5) is 19.1. The molecule has 8 fully saturated rings. The van der Waals surface area contributed by atoms with Crippen molar-refractivity contribution in [1.82, 2.24) is 9.80 Å². The van der Waals surface area contributed by atoms with Crippen molar-refractivity contribution >= 4 is 5.97 Å². The first-order valence-electron chi connectivity index (χ1n) is 18.6. The number of carbonyl (C=O) groups is 1. The highest BCUT2D eigenvalue weighted by molar-refractivity contribution is 5.76. The van der Waals surface area contributed by atoms with Crippen molar-refractivity contribution in [3.8, 4) is 0 Å². The van der Waals surface area contributed by atoms with Gasteiger partial charge in [-0.15, -0.1) is 0 Å². The smallest absolute Gasteiger partial charge is 0.309 e. The molecular formula is C36H58N2O4. The molecule has 0 radical (unpaired) electrons. The fourth-order valence-corrected chi connectivity index (χ4v) is 12.0. The van der Waals surface area contributed by atoms with Crippen LogP contribution >= 0.6 is 0 Å². The van der Waals surface area contributed by atoms with E-state index in [9.17, 15) is 4.79 Å². The number of esters is 1. The standard InChI is InChI=1S/C36H58N2O4/c39-35-31-13-7-8-14-32(31)36(42-35,27-15-17-33-25(19-27)21-37(23-40-33)29-9-3-1-4-10-29)28-16-18-34-26(20-28)22-38(24-41-34)30-11-5-2-6-12-30/h25-34H,1-24H2. The summed E-state index contributed by atoms with van der Waals surface area (Å²) in [5.41, 5.74) is -0.252. The summed E-state index contributed by atoms with van der Waals surface area (Å²) < 4.78 is 20.2. The second-order valence-corrected chi connectivity index (χ2v) is 16.1. The van der Waals surface area contributed by atoms with Crippen molar-refractivity contribution in [2.45, 2.75) is 158 Å². The Labute approximate surface area is 254 Å². The van der Waals surface area contributed by atoms with E-state index in [1.54, 1.807) is 0 Å². The zero-order valence-electron chi connectivity index (χ0n) is 26.3. The lowest BCUT2D eigenvalue weighted by molar-refractivity contribution is -0.199. The topological polar surface area (TPSA) is 51.2 Å². The summed E-state index contributed by atoms with van der Waals surface area (Å²) in [6.07, 6.45) is 26.3. The molecule has 3 saturated heterocycles. The number of rotatable bonds is 4. The molecule has 3 heterocycles. The Kier molecular flexibility index (Phi) is 8.39. The lowest BCUT2D eigenvalue weighted by atomic mass is 9.55. The molecule has 8 atom stereocenters. The van der Waals surface area contributed by atoms with Crippen LogP contribution in [0.25, 0.3) is 0 Å². The second kappa shape index (κ2) is 12.2. The Balaban J connectivity index is 1.04. The fourth-order valence-electron chi connectivity index (χ4n) is 12.0. The zero-order valence-corrected chi connectivity index (χ0v) is 26.3. The van der Waals surface area contributed by atoms with E-state index < -0.39 is 0 Å². The first-order chi connectivity index (χ1) is 20.7. The van der Waals surface area contributed by atoms with E-state index in [0.29, 0.717) is 41.8 Å². The van der Waals surface area contributed by atoms with Crippen LogP contribution < -0.4 is 0 Å². The van der Waals surface area contributed by atoms with Gasteiger partial charge in [-0.05, 0) is 101 Å². The molecule has 0 bridgehead atoms. The molecule has 3 aliphatic heterocycles. The second-order valence-electron chi connectivity index (χ2n) is 16.1. The van der Waals surface area contributed by atoms with Crippen LogP contribution in [0.2, 0.25) is 0 Å². The Morgan fingerprint density at radius 1 is 0.571 bits per heavy atom. The van der Waals surface area contributed by atoms with Crippen molar-refractivity contribution < 1.29 is 19.0 Å². The Morgan fingerprint density at radius 2 is 1.07 bits per heavy atom. The fraction of sp³-hybridized carbons (Fsp3) is 0.972. The minimum Gasteiger partial charge on any atom is -0.458 e. The summed E-state index contributed by atoms with van der Waals surface area (Å²) in [7, 11) is 0. The first kappa shape index (κ1) is 28.8. The van der Waals surface area contributed by atoms with Crippen LogP contribution in [0.5, 0.6) is 0 Å². The average molecular weight is 583 g/mol. The molecule has 42 heavy (non-hydrogen) atoms. The van der Waals surface area contributed by atoms with Gasteiger partial charge < -0.3 is 14.2 Å². The van der Waals surface area contributed by atoms with Gasteiger partial charge in [-0.25, -0.2) is 0 Å². The summed E-state index contributed by atoms with van der Waals surface area (Å²) >= 11 is 0. The molecule has 8 unspecified atom stereocenters. The SMILES string of the molecule is O=C1OC(C2CCC3OCN(C4CCCCC4)CC3C2)(C2CCC3OCN(C4CCCCC4)CC3C2)C2CCCCC12. The maximum Gasteiger partial charge on any atom is 0.309 e. The van der Waals surface area contributed by atoms with Gasteiger partial charge in [0.25, 0.3) is 0 Å². The molecule has 0 amide bonds. The number of hydrogen-bond donors (Lipinski definition) is 0. The van der Waals surface area contributed by atoms with Crippen LogP contribution in [0.1, 0.15) is 128 Å². The van der Waals surface area contributed by atoms with Crippen molar-refractivity contribution in [3.63, 3.8) is 0 Å². The van der Waals surface area contributed by atoms with Gasteiger partial charge in [-0.3, -0.25) is 14.6 Å². The van der Waals surface area contributed by atoms with E-state index >= 15 is 0 Å². The quantitative estimate of drug-likeness (QED) is 0.336. The van der Waals surface area contributed by atoms with Gasteiger partial charge in [0, 0.05) is 31.1 Å². The molecule has 5 saturated carbocycles. The number of ether oxygens (including phenoxy) is 3. The van der Waals surface area contributed by atoms with Gasteiger partial charge in [0.2, 0.25) is 0 Å². The number of hydrogen-bond acceptors (Lipinski definition) is 6. The van der Waals surface area contributed by atoms with Crippen LogP contribution in [0, 0.1) is 35.5 Å². The predicted molar refractivity (Wildman–Crippen MR) is 163 cm³/mol. The van der Waals surface area contributed by atoms with Gasteiger partial charge in [0.05, 0.1) is 31.6 Å². The zero-order chi connectivity index (χ0) is 28.1. The van der Waals surface area contributed by atoms with Gasteiger partial charge >= 0.3 is 5.97 Å². The molecule has 6 nitrogen and oxygen atoms in total. The van der Waals surface area contributed by atoms with Crippen molar-refractivity contribution in [2.24, 2.45) is 35.5 Å². The molecule has 236 valence electrons. The maximum absolute atomic E-state index is 13.7. The number of carbonyl (C=O) groups excluding carboxylic acids is 1. The Morgan fingerprint density at radius 3 is 1.62 bits per heavy atom. The molecule has 0 N–H and O–H groups in total. The molecule has 6 heteroatoms. The molecule has 8 rings (SSSR count). The van der Waals surface area contributed by atoms with Gasteiger partial charge in [0.1, 0.15) is 5.60 Å². The summed E-state index contributed by atoms with van der Waals surface area (Å²) in [5, 5.41) is 0. The third kappa shape index (κ3) is 5.20. The van der Waals surface area contributed by atoms with E-state index in [1.165, 1.54) is 122 Å². The maximum atomic E-state index is 13.7. The highest BCUT2D eigenvalue weighted by atomic mass is 16.6. The number of cyclic esters (lactones) is 1. The van der Waals surface area contributed by atoms with Gasteiger partial charge in [-0.2, -0.15) is 0 Å². The van der Waals surface area contributed by atoms with E-state index in [4.69, 9.17) is 14.2 Å². The number of nitrogens with zero attached hydrogens (tertiary/aromatic N) is 2. The van der Waals surface area contributed by atoms with E-state index in [1.807, 2.05) is 0 Å². The normalized spacial score (nSPS) is 46.4. The molecule has 0 aromatic carbocycles. The minimum atomic E-state index is -0.252.